The van der Waals surface area contributed by atoms with Gasteiger partial charge in [-0.3, -0.25) is 33.5 Å². The smallest absolute Gasteiger partial charge is 0.373 e. The largest absolute Gasteiger partial charge is 0.379 e. The second-order valence-corrected chi connectivity index (χ2v) is 15.8. The lowest BCUT2D eigenvalue weighted by molar-refractivity contribution is -0.191. The zero-order valence-electron chi connectivity index (χ0n) is 27.3. The van der Waals surface area contributed by atoms with Gasteiger partial charge in [0.2, 0.25) is 23.6 Å². The summed E-state index contributed by atoms with van der Waals surface area (Å²) >= 11 is 0. The number of nitrogens with zero attached hydrogens (tertiary/aromatic N) is 2. The van der Waals surface area contributed by atoms with Gasteiger partial charge in [-0.2, -0.15) is 9.59 Å². The normalized spacial score (nSPS) is 32.1. The van der Waals surface area contributed by atoms with Crippen molar-refractivity contribution < 1.29 is 52.3 Å². The van der Waals surface area contributed by atoms with Crippen LogP contribution in [0.1, 0.15) is 27.2 Å². The Hall–Kier alpha value is -2.91. The molecule has 4 saturated heterocycles. The molecule has 4 amide bonds. The number of likely N-dealkylation sites (tertiary alicyclic amines) is 2. The SMILES string of the molecule is CC(C)(C)CCOCCOCCNP(=O)(NCCN1C(=O)C2C3C=CC(O3)C2C1=O)NCCN1C(=O)C2C3C=CC(O3)C2C1=O.O=C=O. The molecule has 0 aliphatic carbocycles. The highest BCUT2D eigenvalue weighted by Gasteiger charge is 2.61. The number of carbonyl (C=O) groups excluding carboxylic acids is 6. The van der Waals surface area contributed by atoms with Crippen LogP contribution in [0.15, 0.2) is 24.3 Å². The van der Waals surface area contributed by atoms with Gasteiger partial charge >= 0.3 is 6.15 Å². The molecule has 17 heteroatoms. The van der Waals surface area contributed by atoms with E-state index in [0.717, 1.165) is 6.42 Å². The Morgan fingerprint density at radius 3 is 1.40 bits per heavy atom. The van der Waals surface area contributed by atoms with E-state index < -0.39 is 31.3 Å². The third-order valence-electron chi connectivity index (χ3n) is 9.29. The molecule has 6 heterocycles. The summed E-state index contributed by atoms with van der Waals surface area (Å²) in [4.78, 5) is 70.7. The molecule has 8 unspecified atom stereocenters. The molecule has 3 N–H and O–H groups in total. The van der Waals surface area contributed by atoms with Crippen LogP contribution < -0.4 is 15.3 Å². The van der Waals surface area contributed by atoms with E-state index in [1.807, 2.05) is 24.3 Å². The van der Waals surface area contributed by atoms with Crippen LogP contribution in [-0.2, 0) is 52.3 Å². The van der Waals surface area contributed by atoms with Gasteiger partial charge in [-0.25, -0.2) is 15.3 Å². The molecule has 0 aromatic carbocycles. The molecule has 264 valence electrons. The fourth-order valence-electron chi connectivity index (χ4n) is 6.95. The van der Waals surface area contributed by atoms with Gasteiger partial charge in [0.1, 0.15) is 0 Å². The van der Waals surface area contributed by atoms with Crippen LogP contribution in [0.4, 0.5) is 0 Å². The minimum Gasteiger partial charge on any atom is -0.379 e. The average molecular weight is 694 g/mol. The number of hydrogen-bond donors (Lipinski definition) is 3. The molecule has 0 radical (unpaired) electrons. The highest BCUT2D eigenvalue weighted by atomic mass is 31.2. The Balaban J connectivity index is 0.00000145. The van der Waals surface area contributed by atoms with Crippen LogP contribution in [0.3, 0.4) is 0 Å². The van der Waals surface area contributed by atoms with Crippen LogP contribution in [-0.4, -0.2) is 123 Å². The van der Waals surface area contributed by atoms with Crippen LogP contribution >= 0.6 is 7.59 Å². The van der Waals surface area contributed by atoms with E-state index in [0.29, 0.717) is 19.8 Å². The lowest BCUT2D eigenvalue weighted by Crippen LogP contribution is -2.43. The zero-order chi connectivity index (χ0) is 34.6. The highest BCUT2D eigenvalue weighted by Crippen LogP contribution is 2.46. The summed E-state index contributed by atoms with van der Waals surface area (Å²) < 4.78 is 36.6. The number of fused-ring (bicyclic) bond motifs is 10. The first-order chi connectivity index (χ1) is 22.9. The van der Waals surface area contributed by atoms with Crippen LogP contribution in [0.25, 0.3) is 0 Å². The maximum atomic E-state index is 13.9. The molecule has 48 heavy (non-hydrogen) atoms. The minimum atomic E-state index is -3.50. The summed E-state index contributed by atoms with van der Waals surface area (Å²) in [6.45, 7) is 8.68. The van der Waals surface area contributed by atoms with Crippen LogP contribution in [0.2, 0.25) is 0 Å². The number of nitrogens with one attached hydrogen (secondary N) is 3. The molecule has 6 rings (SSSR count). The summed E-state index contributed by atoms with van der Waals surface area (Å²) in [6.07, 6.45) is 7.02. The lowest BCUT2D eigenvalue weighted by Gasteiger charge is -2.25. The molecule has 8 atom stereocenters. The van der Waals surface area contributed by atoms with Crippen molar-refractivity contribution in [3.8, 4) is 0 Å². The minimum absolute atomic E-state index is 0.0437. The van der Waals surface area contributed by atoms with Gasteiger partial charge in [0.25, 0.3) is 7.59 Å². The summed E-state index contributed by atoms with van der Waals surface area (Å²) in [6, 6.07) is 0. The van der Waals surface area contributed by atoms with Crippen molar-refractivity contribution in [2.24, 2.45) is 29.1 Å². The van der Waals surface area contributed by atoms with Crippen LogP contribution in [0.5, 0.6) is 0 Å². The molecule has 16 nitrogen and oxygen atoms in total. The first-order valence-corrected chi connectivity index (χ1v) is 18.0. The predicted molar refractivity (Wildman–Crippen MR) is 165 cm³/mol. The zero-order valence-corrected chi connectivity index (χ0v) is 28.2. The third-order valence-corrected chi connectivity index (χ3v) is 11.3. The van der Waals surface area contributed by atoms with E-state index in [4.69, 9.17) is 28.5 Å². The third kappa shape index (κ3) is 7.77. The van der Waals surface area contributed by atoms with Gasteiger partial charge in [0.05, 0.1) is 67.9 Å². The molecule has 0 saturated carbocycles. The maximum absolute atomic E-state index is 13.9. The fraction of sp³-hybridized carbons (Fsp3) is 0.710. The van der Waals surface area contributed by atoms with Crippen molar-refractivity contribution in [2.75, 3.05) is 59.2 Å². The Bertz CT molecular complexity index is 1250. The average Bonchev–Trinajstić information content (AvgIpc) is 3.88. The number of amides is 4. The van der Waals surface area contributed by atoms with Gasteiger partial charge in [-0.05, 0) is 11.8 Å². The molecule has 6 aliphatic heterocycles. The topological polar surface area (TPSA) is 199 Å². The Morgan fingerprint density at radius 2 is 1.02 bits per heavy atom. The quantitative estimate of drug-likeness (QED) is 0.0772. The van der Waals surface area contributed by atoms with Crippen molar-refractivity contribution in [1.82, 2.24) is 25.1 Å². The van der Waals surface area contributed by atoms with Gasteiger partial charge in [0.15, 0.2) is 0 Å². The Labute approximate surface area is 278 Å². The molecule has 4 bridgehead atoms. The summed E-state index contributed by atoms with van der Waals surface area (Å²) in [7, 11) is -3.50. The van der Waals surface area contributed by atoms with Crippen molar-refractivity contribution in [1.29, 1.82) is 0 Å². The Kier molecular flexibility index (Phi) is 11.6. The van der Waals surface area contributed by atoms with Gasteiger partial charge in [-0.1, -0.05) is 45.1 Å². The maximum Gasteiger partial charge on any atom is 0.373 e. The number of ether oxygens (including phenoxy) is 4. The number of carbonyl (C=O) groups is 4. The molecule has 0 aromatic heterocycles. The molecule has 0 aromatic rings. The van der Waals surface area contributed by atoms with Gasteiger partial charge < -0.3 is 18.9 Å². The van der Waals surface area contributed by atoms with E-state index in [9.17, 15) is 23.7 Å². The number of hydrogen-bond acceptors (Lipinski definition) is 11. The highest BCUT2D eigenvalue weighted by molar-refractivity contribution is 7.57. The van der Waals surface area contributed by atoms with E-state index >= 15 is 0 Å². The monoisotopic (exact) mass is 693 g/mol. The summed E-state index contributed by atoms with van der Waals surface area (Å²) in [5.41, 5.74) is 0.199. The van der Waals surface area contributed by atoms with Gasteiger partial charge in [-0.15, -0.1) is 0 Å². The summed E-state index contributed by atoms with van der Waals surface area (Å²) in [5.74, 6) is -3.12. The van der Waals surface area contributed by atoms with Crippen molar-refractivity contribution >= 4 is 37.4 Å². The summed E-state index contributed by atoms with van der Waals surface area (Å²) in [5, 5.41) is 8.88. The lowest BCUT2D eigenvalue weighted by atomic mass is 9.85. The van der Waals surface area contributed by atoms with Crippen molar-refractivity contribution in [3.05, 3.63) is 24.3 Å². The Morgan fingerprint density at radius 1 is 0.667 bits per heavy atom. The molecule has 6 aliphatic rings. The number of imide groups is 2. The van der Waals surface area contributed by atoms with E-state index in [2.05, 4.69) is 36.0 Å². The molecule has 0 spiro atoms. The fourth-order valence-corrected chi connectivity index (χ4v) is 8.52. The molecular formula is C31H44N5O11P. The van der Waals surface area contributed by atoms with E-state index in [1.54, 1.807) is 0 Å². The second-order valence-electron chi connectivity index (χ2n) is 13.6. The molecular weight excluding hydrogens is 649 g/mol. The number of rotatable bonds is 17. The predicted octanol–water partition coefficient (Wildman–Crippen LogP) is -0.374. The first kappa shape index (κ1) is 36.4. The van der Waals surface area contributed by atoms with E-state index in [1.165, 1.54) is 9.80 Å². The second kappa shape index (κ2) is 15.3. The van der Waals surface area contributed by atoms with Crippen molar-refractivity contribution in [2.45, 2.75) is 51.6 Å². The van der Waals surface area contributed by atoms with Gasteiger partial charge in [0, 0.05) is 39.3 Å². The standard InChI is InChI=1S/C30H44N5O9P.CO2/c1-30(2,3)8-14-41-16-17-42-15-11-33-45(40,31-9-12-34-26(36)22-18-4-5-19(43-18)23(22)27(34)37)32-10-13-35-28(38)24-20-6-7-21(44-20)25(24)29(35)39;2-1-3/h4-7,18-25H,8-17H2,1-3H3,(H3,31,32,33,40);. The molecule has 4 fully saturated rings. The van der Waals surface area contributed by atoms with E-state index in [-0.39, 0.29) is 98.9 Å². The first-order valence-electron chi connectivity index (χ1n) is 16.3. The van der Waals surface area contributed by atoms with Crippen molar-refractivity contribution in [3.63, 3.8) is 0 Å². The van der Waals surface area contributed by atoms with Crippen LogP contribution in [0, 0.1) is 29.1 Å².